The maximum atomic E-state index is 13.2. The first kappa shape index (κ1) is 14.5. The first-order chi connectivity index (χ1) is 8.86. The van der Waals surface area contributed by atoms with E-state index < -0.39 is 0 Å². The molecule has 0 spiro atoms. The lowest BCUT2D eigenvalue weighted by molar-refractivity contribution is 0.583. The zero-order chi connectivity index (χ0) is 14.0. The van der Waals surface area contributed by atoms with Gasteiger partial charge in [-0.2, -0.15) is 0 Å². The van der Waals surface area contributed by atoms with Crippen LogP contribution in [-0.4, -0.2) is 4.98 Å². The fourth-order valence-corrected chi connectivity index (χ4v) is 2.85. The summed E-state index contributed by atoms with van der Waals surface area (Å²) < 4.78 is 14.0. The SMILES string of the molecule is CC(C)(C)c1nc(CNc2cc(F)ccc2Br)cs1. The molecule has 0 fully saturated rings. The zero-order valence-electron chi connectivity index (χ0n) is 11.1. The van der Waals surface area contributed by atoms with Gasteiger partial charge < -0.3 is 5.32 Å². The molecule has 0 radical (unpaired) electrons. The van der Waals surface area contributed by atoms with Crippen molar-refractivity contribution in [2.75, 3.05) is 5.32 Å². The summed E-state index contributed by atoms with van der Waals surface area (Å²) in [6, 6.07) is 4.59. The maximum Gasteiger partial charge on any atom is 0.125 e. The second kappa shape index (κ2) is 5.59. The molecule has 0 atom stereocenters. The first-order valence-corrected chi connectivity index (χ1v) is 7.67. The number of nitrogens with zero attached hydrogens (tertiary/aromatic N) is 1. The Morgan fingerprint density at radius 2 is 2.11 bits per heavy atom. The van der Waals surface area contributed by atoms with Crippen LogP contribution in [0.2, 0.25) is 0 Å². The van der Waals surface area contributed by atoms with Gasteiger partial charge in [0.2, 0.25) is 0 Å². The highest BCUT2D eigenvalue weighted by atomic mass is 79.9. The van der Waals surface area contributed by atoms with Gasteiger partial charge in [-0.25, -0.2) is 9.37 Å². The number of thiazole rings is 1. The molecule has 1 aromatic heterocycles. The second-order valence-electron chi connectivity index (χ2n) is 5.37. The number of hydrogen-bond donors (Lipinski definition) is 1. The zero-order valence-corrected chi connectivity index (χ0v) is 13.5. The summed E-state index contributed by atoms with van der Waals surface area (Å²) in [7, 11) is 0. The van der Waals surface area contributed by atoms with Crippen molar-refractivity contribution in [1.82, 2.24) is 4.98 Å². The van der Waals surface area contributed by atoms with Crippen LogP contribution in [0.3, 0.4) is 0 Å². The Hall–Kier alpha value is -0.940. The third-order valence-corrected chi connectivity index (χ3v) is 4.59. The van der Waals surface area contributed by atoms with Gasteiger partial charge in [0.25, 0.3) is 0 Å². The number of hydrogen-bond acceptors (Lipinski definition) is 3. The number of aromatic nitrogens is 1. The molecular formula is C14H16BrFN2S. The molecule has 0 aliphatic carbocycles. The monoisotopic (exact) mass is 342 g/mol. The number of anilines is 1. The molecule has 0 saturated heterocycles. The Labute approximate surface area is 125 Å². The standard InChI is InChI=1S/C14H16BrFN2S/c1-14(2,3)13-18-10(8-19-13)7-17-12-6-9(16)4-5-11(12)15/h4-6,8,17H,7H2,1-3H3. The van der Waals surface area contributed by atoms with Gasteiger partial charge in [-0.3, -0.25) is 0 Å². The van der Waals surface area contributed by atoms with E-state index in [-0.39, 0.29) is 11.2 Å². The van der Waals surface area contributed by atoms with Gasteiger partial charge in [-0.05, 0) is 34.1 Å². The quantitative estimate of drug-likeness (QED) is 0.853. The average Bonchev–Trinajstić information content (AvgIpc) is 2.79. The molecule has 2 rings (SSSR count). The van der Waals surface area contributed by atoms with E-state index in [1.54, 1.807) is 17.4 Å². The minimum Gasteiger partial charge on any atom is -0.378 e. The Morgan fingerprint density at radius 1 is 1.37 bits per heavy atom. The Balaban J connectivity index is 2.06. The van der Waals surface area contributed by atoms with E-state index in [0.717, 1.165) is 20.9 Å². The molecule has 1 heterocycles. The van der Waals surface area contributed by atoms with Crippen molar-refractivity contribution in [3.63, 3.8) is 0 Å². The molecule has 5 heteroatoms. The number of benzene rings is 1. The molecular weight excluding hydrogens is 327 g/mol. The summed E-state index contributed by atoms with van der Waals surface area (Å²) in [5.41, 5.74) is 1.79. The smallest absolute Gasteiger partial charge is 0.125 e. The highest BCUT2D eigenvalue weighted by Gasteiger charge is 2.17. The van der Waals surface area contributed by atoms with E-state index in [2.05, 4.69) is 47.0 Å². The predicted octanol–water partition coefficient (Wildman–Crippen LogP) is 4.95. The molecule has 1 N–H and O–H groups in total. The number of halogens is 2. The van der Waals surface area contributed by atoms with Crippen LogP contribution < -0.4 is 5.32 Å². The van der Waals surface area contributed by atoms with Gasteiger partial charge in [0.05, 0.1) is 22.9 Å². The summed E-state index contributed by atoms with van der Waals surface area (Å²) in [4.78, 5) is 4.60. The van der Waals surface area contributed by atoms with Gasteiger partial charge >= 0.3 is 0 Å². The van der Waals surface area contributed by atoms with Crippen LogP contribution in [0.4, 0.5) is 10.1 Å². The van der Waals surface area contributed by atoms with Crippen molar-refractivity contribution in [3.8, 4) is 0 Å². The van der Waals surface area contributed by atoms with E-state index in [0.29, 0.717) is 6.54 Å². The van der Waals surface area contributed by atoms with Crippen molar-refractivity contribution in [3.05, 3.63) is 44.6 Å². The van der Waals surface area contributed by atoms with Crippen LogP contribution in [0.25, 0.3) is 0 Å². The Kier molecular flexibility index (Phi) is 4.26. The Bertz CT molecular complexity index is 575. The van der Waals surface area contributed by atoms with Crippen LogP contribution in [0.5, 0.6) is 0 Å². The largest absolute Gasteiger partial charge is 0.378 e. The van der Waals surface area contributed by atoms with Crippen molar-refractivity contribution in [1.29, 1.82) is 0 Å². The first-order valence-electron chi connectivity index (χ1n) is 6.00. The van der Waals surface area contributed by atoms with Gasteiger partial charge in [-0.15, -0.1) is 11.3 Å². The molecule has 2 nitrogen and oxygen atoms in total. The van der Waals surface area contributed by atoms with Crippen LogP contribution in [0.1, 0.15) is 31.5 Å². The fraction of sp³-hybridized carbons (Fsp3) is 0.357. The molecule has 19 heavy (non-hydrogen) atoms. The van der Waals surface area contributed by atoms with Crippen LogP contribution in [0, 0.1) is 5.82 Å². The third-order valence-electron chi connectivity index (χ3n) is 2.58. The van der Waals surface area contributed by atoms with Crippen LogP contribution >= 0.6 is 27.3 Å². The van der Waals surface area contributed by atoms with E-state index >= 15 is 0 Å². The summed E-state index contributed by atoms with van der Waals surface area (Å²) in [5, 5.41) is 6.35. The summed E-state index contributed by atoms with van der Waals surface area (Å²) in [6.45, 7) is 7.03. The summed E-state index contributed by atoms with van der Waals surface area (Å²) in [6.07, 6.45) is 0. The highest BCUT2D eigenvalue weighted by Crippen LogP contribution is 2.27. The second-order valence-corrected chi connectivity index (χ2v) is 7.08. The van der Waals surface area contributed by atoms with E-state index in [4.69, 9.17) is 0 Å². The Morgan fingerprint density at radius 3 is 2.74 bits per heavy atom. The number of rotatable bonds is 3. The van der Waals surface area contributed by atoms with Crippen molar-refractivity contribution >= 4 is 33.0 Å². The average molecular weight is 343 g/mol. The van der Waals surface area contributed by atoms with Crippen LogP contribution in [0.15, 0.2) is 28.1 Å². The molecule has 0 amide bonds. The minimum atomic E-state index is -0.251. The van der Waals surface area contributed by atoms with Crippen LogP contribution in [-0.2, 0) is 12.0 Å². The molecule has 1 aromatic carbocycles. The van der Waals surface area contributed by atoms with Gasteiger partial charge in [0.1, 0.15) is 5.82 Å². The molecule has 102 valence electrons. The van der Waals surface area contributed by atoms with Gasteiger partial charge in [0, 0.05) is 15.3 Å². The molecule has 0 unspecified atom stereocenters. The lowest BCUT2D eigenvalue weighted by Gasteiger charge is -2.13. The predicted molar refractivity (Wildman–Crippen MR) is 82.2 cm³/mol. The molecule has 0 aliphatic heterocycles. The summed E-state index contributed by atoms with van der Waals surface area (Å²) >= 11 is 5.06. The molecule has 0 aliphatic rings. The van der Waals surface area contributed by atoms with E-state index in [9.17, 15) is 4.39 Å². The highest BCUT2D eigenvalue weighted by molar-refractivity contribution is 9.10. The minimum absolute atomic E-state index is 0.0718. The van der Waals surface area contributed by atoms with Crippen molar-refractivity contribution in [2.45, 2.75) is 32.7 Å². The normalized spacial score (nSPS) is 11.6. The maximum absolute atomic E-state index is 13.2. The lowest BCUT2D eigenvalue weighted by atomic mass is 9.98. The van der Waals surface area contributed by atoms with Gasteiger partial charge in [-0.1, -0.05) is 20.8 Å². The molecule has 0 bridgehead atoms. The van der Waals surface area contributed by atoms with E-state index in [1.807, 2.05) is 5.38 Å². The number of nitrogens with one attached hydrogen (secondary N) is 1. The molecule has 0 saturated carbocycles. The topological polar surface area (TPSA) is 24.9 Å². The fourth-order valence-electron chi connectivity index (χ4n) is 1.55. The summed E-state index contributed by atoms with van der Waals surface area (Å²) in [5.74, 6) is -0.251. The third kappa shape index (κ3) is 3.76. The lowest BCUT2D eigenvalue weighted by Crippen LogP contribution is -2.11. The molecule has 2 aromatic rings. The van der Waals surface area contributed by atoms with Crippen molar-refractivity contribution in [2.24, 2.45) is 0 Å². The van der Waals surface area contributed by atoms with Crippen molar-refractivity contribution < 1.29 is 4.39 Å². The van der Waals surface area contributed by atoms with Gasteiger partial charge in [0.15, 0.2) is 0 Å². The van der Waals surface area contributed by atoms with E-state index in [1.165, 1.54) is 12.1 Å².